The molecule has 4 aromatic rings. The third-order valence-electron chi connectivity index (χ3n) is 5.78. The van der Waals surface area contributed by atoms with Gasteiger partial charge in [0.1, 0.15) is 24.4 Å². The standard InChI is InChI=1S/C24H29N7O2S/c1-15(2)26-7-5-8-31-23-21(22(25)27-14-28-23)29-24(31)34-20-13-19-17(30(3)9-11-33-19)12-16(20)18-6-4-10-32-18/h4,6,10,12-15,26H,5,7-9,11H2,1-3H3,(H2,25,27,28). The van der Waals surface area contributed by atoms with E-state index in [1.807, 2.05) is 12.1 Å². The molecule has 3 aromatic heterocycles. The van der Waals surface area contributed by atoms with E-state index in [-0.39, 0.29) is 0 Å². The topological polar surface area (TPSA) is 107 Å². The number of rotatable bonds is 8. The predicted molar refractivity (Wildman–Crippen MR) is 135 cm³/mol. The summed E-state index contributed by atoms with van der Waals surface area (Å²) >= 11 is 1.56. The van der Waals surface area contributed by atoms with Crippen molar-refractivity contribution in [2.24, 2.45) is 0 Å². The van der Waals surface area contributed by atoms with E-state index in [1.54, 1.807) is 18.0 Å². The summed E-state index contributed by atoms with van der Waals surface area (Å²) < 4.78 is 13.9. The quantitative estimate of drug-likeness (QED) is 0.362. The average molecular weight is 480 g/mol. The monoisotopic (exact) mass is 479 g/mol. The largest absolute Gasteiger partial charge is 0.490 e. The summed E-state index contributed by atoms with van der Waals surface area (Å²) in [5.74, 6) is 2.04. The van der Waals surface area contributed by atoms with Gasteiger partial charge in [0.05, 0.1) is 18.5 Å². The van der Waals surface area contributed by atoms with Crippen LogP contribution >= 0.6 is 11.8 Å². The van der Waals surface area contributed by atoms with Gasteiger partial charge in [-0.15, -0.1) is 0 Å². The van der Waals surface area contributed by atoms with Crippen molar-refractivity contribution >= 4 is 34.4 Å². The fourth-order valence-electron chi connectivity index (χ4n) is 4.03. The highest BCUT2D eigenvalue weighted by molar-refractivity contribution is 7.99. The molecule has 34 heavy (non-hydrogen) atoms. The third-order valence-corrected chi connectivity index (χ3v) is 6.83. The van der Waals surface area contributed by atoms with Crippen LogP contribution in [0.3, 0.4) is 0 Å². The molecule has 0 unspecified atom stereocenters. The van der Waals surface area contributed by atoms with Gasteiger partial charge in [0, 0.05) is 30.1 Å². The highest BCUT2D eigenvalue weighted by Crippen LogP contribution is 2.44. The Balaban J connectivity index is 1.56. The maximum atomic E-state index is 6.15. The van der Waals surface area contributed by atoms with Crippen LogP contribution in [-0.2, 0) is 6.54 Å². The van der Waals surface area contributed by atoms with Gasteiger partial charge < -0.3 is 29.7 Å². The predicted octanol–water partition coefficient (Wildman–Crippen LogP) is 4.04. The zero-order chi connectivity index (χ0) is 23.7. The summed E-state index contributed by atoms with van der Waals surface area (Å²) in [4.78, 5) is 16.7. The van der Waals surface area contributed by atoms with Crippen LogP contribution < -0.4 is 20.7 Å². The fraction of sp³-hybridized carbons (Fsp3) is 0.375. The van der Waals surface area contributed by atoms with E-state index in [1.165, 1.54) is 6.33 Å². The molecule has 10 heteroatoms. The molecule has 9 nitrogen and oxygen atoms in total. The molecule has 3 N–H and O–H groups in total. The molecule has 0 saturated heterocycles. The number of benzene rings is 1. The van der Waals surface area contributed by atoms with Gasteiger partial charge in [0.25, 0.3) is 0 Å². The van der Waals surface area contributed by atoms with E-state index in [0.717, 1.165) is 64.5 Å². The molecular formula is C24H29N7O2S. The zero-order valence-electron chi connectivity index (χ0n) is 19.6. The first-order valence-corrected chi connectivity index (χ1v) is 12.3. The normalized spacial score (nSPS) is 13.5. The van der Waals surface area contributed by atoms with Gasteiger partial charge in [-0.3, -0.25) is 0 Å². The molecular weight excluding hydrogens is 450 g/mol. The van der Waals surface area contributed by atoms with Gasteiger partial charge >= 0.3 is 0 Å². The number of nitrogens with two attached hydrogens (primary N) is 1. The molecule has 0 bridgehead atoms. The van der Waals surface area contributed by atoms with Crippen molar-refractivity contribution in [3.63, 3.8) is 0 Å². The first-order valence-electron chi connectivity index (χ1n) is 11.4. The van der Waals surface area contributed by atoms with Crippen LogP contribution in [0.4, 0.5) is 11.5 Å². The molecule has 0 amide bonds. The van der Waals surface area contributed by atoms with E-state index >= 15 is 0 Å². The first-order chi connectivity index (χ1) is 16.5. The van der Waals surface area contributed by atoms with Crippen LogP contribution in [0.5, 0.6) is 5.75 Å². The van der Waals surface area contributed by atoms with Crippen LogP contribution in [0.25, 0.3) is 22.5 Å². The average Bonchev–Trinajstić information content (AvgIpc) is 3.46. The molecule has 5 rings (SSSR count). The van der Waals surface area contributed by atoms with Crippen LogP contribution in [-0.4, -0.2) is 52.3 Å². The zero-order valence-corrected chi connectivity index (χ0v) is 20.4. The Morgan fingerprint density at radius 2 is 2.15 bits per heavy atom. The number of hydrogen-bond donors (Lipinski definition) is 2. The number of ether oxygens (including phenoxy) is 1. The molecule has 0 fully saturated rings. The number of anilines is 2. The highest BCUT2D eigenvalue weighted by atomic mass is 32.2. The van der Waals surface area contributed by atoms with Crippen LogP contribution in [0.2, 0.25) is 0 Å². The summed E-state index contributed by atoms with van der Waals surface area (Å²) in [6.45, 7) is 7.45. The molecule has 1 aromatic carbocycles. The van der Waals surface area contributed by atoms with Crippen LogP contribution in [0.15, 0.2) is 51.3 Å². The lowest BCUT2D eigenvalue weighted by Gasteiger charge is -2.28. The molecule has 1 aliphatic heterocycles. The van der Waals surface area contributed by atoms with Gasteiger partial charge in [-0.25, -0.2) is 15.0 Å². The lowest BCUT2D eigenvalue weighted by Crippen LogP contribution is -2.28. The van der Waals surface area contributed by atoms with Crippen molar-refractivity contribution in [1.82, 2.24) is 24.8 Å². The number of likely N-dealkylation sites (N-methyl/N-ethyl adjacent to an activating group) is 1. The lowest BCUT2D eigenvalue weighted by molar-refractivity contribution is 0.310. The molecule has 0 spiro atoms. The van der Waals surface area contributed by atoms with E-state index in [4.69, 9.17) is 19.9 Å². The second-order valence-corrected chi connectivity index (χ2v) is 9.61. The minimum atomic E-state index is 0.382. The van der Waals surface area contributed by atoms with Gasteiger partial charge in [0.15, 0.2) is 22.1 Å². The van der Waals surface area contributed by atoms with Gasteiger partial charge in [0.2, 0.25) is 0 Å². The number of fused-ring (bicyclic) bond motifs is 2. The number of hydrogen-bond acceptors (Lipinski definition) is 9. The molecule has 0 aliphatic carbocycles. The minimum Gasteiger partial charge on any atom is -0.490 e. The summed E-state index contributed by atoms with van der Waals surface area (Å²) in [5, 5.41) is 4.28. The van der Waals surface area contributed by atoms with E-state index in [9.17, 15) is 0 Å². The summed E-state index contributed by atoms with van der Waals surface area (Å²) in [6.07, 6.45) is 4.12. The third kappa shape index (κ3) is 4.43. The molecule has 4 heterocycles. The number of imidazole rings is 1. The van der Waals surface area contributed by atoms with Crippen molar-refractivity contribution in [2.75, 3.05) is 37.4 Å². The first kappa shape index (κ1) is 22.5. The van der Waals surface area contributed by atoms with Crippen molar-refractivity contribution < 1.29 is 9.15 Å². The molecule has 1 aliphatic rings. The number of furan rings is 1. The Kier molecular flexibility index (Phi) is 6.34. The molecule has 0 atom stereocenters. The Hall–Kier alpha value is -3.24. The number of nitrogens with one attached hydrogen (secondary N) is 1. The van der Waals surface area contributed by atoms with Crippen LogP contribution in [0, 0.1) is 0 Å². The molecule has 178 valence electrons. The van der Waals surface area contributed by atoms with E-state index in [2.05, 4.69) is 57.8 Å². The summed E-state index contributed by atoms with van der Waals surface area (Å²) in [5.41, 5.74) is 9.55. The number of aryl methyl sites for hydroxylation is 1. The van der Waals surface area contributed by atoms with Gasteiger partial charge in [-0.2, -0.15) is 0 Å². The van der Waals surface area contributed by atoms with Crippen molar-refractivity contribution in [3.05, 3.63) is 36.9 Å². The van der Waals surface area contributed by atoms with E-state index < -0.39 is 0 Å². The Labute approximate surface area is 202 Å². The molecule has 0 saturated carbocycles. The lowest BCUT2D eigenvalue weighted by atomic mass is 10.1. The second kappa shape index (κ2) is 9.55. The second-order valence-electron chi connectivity index (χ2n) is 8.60. The Morgan fingerprint density at radius 3 is 2.94 bits per heavy atom. The summed E-state index contributed by atoms with van der Waals surface area (Å²) in [7, 11) is 2.08. The van der Waals surface area contributed by atoms with Gasteiger partial charge in [-0.1, -0.05) is 25.6 Å². The number of nitrogens with zero attached hydrogens (tertiary/aromatic N) is 5. The van der Waals surface area contributed by atoms with Crippen LogP contribution in [0.1, 0.15) is 20.3 Å². The van der Waals surface area contributed by atoms with Crippen molar-refractivity contribution in [2.45, 2.75) is 42.9 Å². The van der Waals surface area contributed by atoms with Crippen molar-refractivity contribution in [3.8, 4) is 17.1 Å². The summed E-state index contributed by atoms with van der Waals surface area (Å²) in [6, 6.07) is 8.52. The van der Waals surface area contributed by atoms with Crippen molar-refractivity contribution in [1.29, 1.82) is 0 Å². The Morgan fingerprint density at radius 1 is 1.26 bits per heavy atom. The number of aromatic nitrogens is 4. The van der Waals surface area contributed by atoms with E-state index in [0.29, 0.717) is 24.0 Å². The smallest absolute Gasteiger partial charge is 0.175 e. The highest BCUT2D eigenvalue weighted by Gasteiger charge is 2.23. The maximum Gasteiger partial charge on any atom is 0.175 e. The van der Waals surface area contributed by atoms with Gasteiger partial charge in [-0.05, 0) is 37.2 Å². The molecule has 0 radical (unpaired) electrons. The maximum absolute atomic E-state index is 6.15. The number of nitrogen functional groups attached to an aromatic ring is 1. The minimum absolute atomic E-state index is 0.382. The SMILES string of the molecule is CC(C)NCCCn1c(Sc2cc3c(cc2-c2ccco2)N(C)CCO3)nc2c(N)ncnc21. The Bertz CT molecular complexity index is 1290. The fourth-order valence-corrected chi connectivity index (χ4v) is 5.08.